The van der Waals surface area contributed by atoms with Crippen LogP contribution in [-0.4, -0.2) is 35.3 Å². The second-order valence-corrected chi connectivity index (χ2v) is 6.44. The van der Waals surface area contributed by atoms with Crippen LogP contribution in [0.1, 0.15) is 31.7 Å². The summed E-state index contributed by atoms with van der Waals surface area (Å²) in [6.07, 6.45) is 3.63. The largest absolute Gasteiger partial charge is 0.343 e. The Morgan fingerprint density at radius 2 is 2.20 bits per heavy atom. The second kappa shape index (κ2) is 5.56. The van der Waals surface area contributed by atoms with Crippen molar-refractivity contribution in [3.8, 4) is 0 Å². The van der Waals surface area contributed by atoms with E-state index >= 15 is 0 Å². The van der Waals surface area contributed by atoms with Gasteiger partial charge in [0.25, 0.3) is 0 Å². The Bertz CT molecular complexity index is 496. The molecule has 2 amide bonds. The molecule has 1 saturated heterocycles. The van der Waals surface area contributed by atoms with Crippen molar-refractivity contribution in [3.05, 3.63) is 22.4 Å². The van der Waals surface area contributed by atoms with Gasteiger partial charge in [0.2, 0.25) is 11.8 Å². The number of nitrogens with one attached hydrogen (secondary N) is 1. The minimum atomic E-state index is -0.333. The zero-order valence-corrected chi connectivity index (χ0v) is 12.5. The minimum Gasteiger partial charge on any atom is -0.343 e. The fourth-order valence-electron chi connectivity index (χ4n) is 2.89. The number of carbonyl (C=O) groups excluding carboxylic acids is 2. The smallest absolute Gasteiger partial charge is 0.245 e. The van der Waals surface area contributed by atoms with Gasteiger partial charge in [0.05, 0.1) is 0 Å². The maximum atomic E-state index is 12.5. The lowest BCUT2D eigenvalue weighted by Crippen LogP contribution is -2.64. The van der Waals surface area contributed by atoms with Crippen molar-refractivity contribution in [3.63, 3.8) is 0 Å². The highest BCUT2D eigenvalue weighted by atomic mass is 32.1. The summed E-state index contributed by atoms with van der Waals surface area (Å²) < 4.78 is 0. The van der Waals surface area contributed by atoms with E-state index in [1.54, 1.807) is 11.3 Å². The molecule has 2 atom stereocenters. The molecule has 3 rings (SSSR count). The Labute approximate surface area is 123 Å². The van der Waals surface area contributed by atoms with Crippen LogP contribution in [0.4, 0.5) is 0 Å². The van der Waals surface area contributed by atoms with Crippen LogP contribution >= 0.6 is 11.3 Å². The van der Waals surface area contributed by atoms with E-state index in [2.05, 4.69) is 16.8 Å². The van der Waals surface area contributed by atoms with Gasteiger partial charge in [-0.05, 0) is 54.0 Å². The number of piperazine rings is 1. The number of nitrogens with zero attached hydrogens (tertiary/aromatic N) is 1. The lowest BCUT2D eigenvalue weighted by Gasteiger charge is -2.39. The Kier molecular flexibility index (Phi) is 3.78. The summed E-state index contributed by atoms with van der Waals surface area (Å²) in [7, 11) is 0. The van der Waals surface area contributed by atoms with Gasteiger partial charge in [-0.1, -0.05) is 6.92 Å². The predicted molar refractivity (Wildman–Crippen MR) is 78.5 cm³/mol. The predicted octanol–water partition coefficient (Wildman–Crippen LogP) is 1.81. The average molecular weight is 292 g/mol. The summed E-state index contributed by atoms with van der Waals surface area (Å²) in [5, 5.41) is 7.04. The SMILES string of the molecule is CCC1NC(=O)C(C2CC2)N(CCc2ccsc2)C1=O. The molecule has 4 nitrogen and oxygen atoms in total. The van der Waals surface area contributed by atoms with Crippen LogP contribution in [0.25, 0.3) is 0 Å². The summed E-state index contributed by atoms with van der Waals surface area (Å²) in [5.41, 5.74) is 1.25. The molecule has 108 valence electrons. The molecule has 1 aliphatic heterocycles. The third-order valence-corrected chi connectivity index (χ3v) is 4.93. The van der Waals surface area contributed by atoms with Crippen molar-refractivity contribution in [1.82, 2.24) is 10.2 Å². The molecular weight excluding hydrogens is 272 g/mol. The highest BCUT2D eigenvalue weighted by molar-refractivity contribution is 7.07. The molecule has 0 spiro atoms. The van der Waals surface area contributed by atoms with E-state index in [0.29, 0.717) is 18.9 Å². The molecule has 2 fully saturated rings. The van der Waals surface area contributed by atoms with Crippen LogP contribution in [0, 0.1) is 5.92 Å². The summed E-state index contributed by atoms with van der Waals surface area (Å²) in [5.74, 6) is 0.516. The van der Waals surface area contributed by atoms with Crippen molar-refractivity contribution in [2.75, 3.05) is 6.54 Å². The number of carbonyl (C=O) groups is 2. The van der Waals surface area contributed by atoms with Crippen LogP contribution in [0.3, 0.4) is 0 Å². The van der Waals surface area contributed by atoms with Crippen LogP contribution in [0.5, 0.6) is 0 Å². The highest BCUT2D eigenvalue weighted by Gasteiger charge is 2.47. The molecule has 1 N–H and O–H groups in total. The van der Waals surface area contributed by atoms with Gasteiger partial charge < -0.3 is 10.2 Å². The van der Waals surface area contributed by atoms with E-state index in [-0.39, 0.29) is 23.9 Å². The maximum absolute atomic E-state index is 12.5. The molecule has 0 aromatic carbocycles. The highest BCUT2D eigenvalue weighted by Crippen LogP contribution is 2.37. The first-order chi connectivity index (χ1) is 9.70. The Morgan fingerprint density at radius 3 is 2.80 bits per heavy atom. The van der Waals surface area contributed by atoms with Crippen molar-refractivity contribution in [1.29, 1.82) is 0 Å². The Balaban J connectivity index is 1.74. The lowest BCUT2D eigenvalue weighted by molar-refractivity contribution is -0.150. The van der Waals surface area contributed by atoms with Gasteiger partial charge in [0.15, 0.2) is 0 Å². The van der Waals surface area contributed by atoms with E-state index in [9.17, 15) is 9.59 Å². The van der Waals surface area contributed by atoms with E-state index in [1.807, 2.05) is 17.2 Å². The minimum absolute atomic E-state index is 0.0456. The standard InChI is InChI=1S/C15H20N2O2S/c1-2-12-15(19)17(7-5-10-6-8-20-9-10)13(11-3-4-11)14(18)16-12/h6,8-9,11-13H,2-5,7H2,1H3,(H,16,18). The summed E-state index contributed by atoms with van der Waals surface area (Å²) in [6, 6.07) is 1.52. The average Bonchev–Trinajstić information content (AvgIpc) is 3.14. The van der Waals surface area contributed by atoms with Crippen molar-refractivity contribution < 1.29 is 9.59 Å². The third kappa shape index (κ3) is 2.59. The summed E-state index contributed by atoms with van der Waals surface area (Å²) in [4.78, 5) is 26.6. The van der Waals surface area contributed by atoms with E-state index in [1.165, 1.54) is 5.56 Å². The van der Waals surface area contributed by atoms with Gasteiger partial charge in [0, 0.05) is 6.54 Å². The van der Waals surface area contributed by atoms with Gasteiger partial charge in [-0.2, -0.15) is 11.3 Å². The third-order valence-electron chi connectivity index (χ3n) is 4.20. The van der Waals surface area contributed by atoms with Gasteiger partial charge >= 0.3 is 0 Å². The molecule has 5 heteroatoms. The molecule has 1 aromatic heterocycles. The number of rotatable bonds is 5. The molecule has 0 bridgehead atoms. The van der Waals surface area contributed by atoms with E-state index in [0.717, 1.165) is 19.3 Å². The molecule has 2 aliphatic rings. The van der Waals surface area contributed by atoms with Crippen molar-refractivity contribution in [2.45, 2.75) is 44.7 Å². The fraction of sp³-hybridized carbons (Fsp3) is 0.600. The number of amides is 2. The molecule has 2 unspecified atom stereocenters. The first kappa shape index (κ1) is 13.6. The fourth-order valence-corrected chi connectivity index (χ4v) is 3.59. The molecule has 0 radical (unpaired) electrons. The number of hydrogen-bond donors (Lipinski definition) is 1. The zero-order valence-electron chi connectivity index (χ0n) is 11.7. The van der Waals surface area contributed by atoms with E-state index in [4.69, 9.17) is 0 Å². The lowest BCUT2D eigenvalue weighted by atomic mass is 10.0. The molecular formula is C15H20N2O2S. The van der Waals surface area contributed by atoms with Crippen LogP contribution < -0.4 is 5.32 Å². The molecule has 1 aliphatic carbocycles. The van der Waals surface area contributed by atoms with Crippen LogP contribution in [-0.2, 0) is 16.0 Å². The van der Waals surface area contributed by atoms with Gasteiger partial charge in [-0.3, -0.25) is 9.59 Å². The van der Waals surface area contributed by atoms with Crippen LogP contribution in [0.15, 0.2) is 16.8 Å². The molecule has 2 heterocycles. The van der Waals surface area contributed by atoms with Crippen LogP contribution in [0.2, 0.25) is 0 Å². The Hall–Kier alpha value is -1.36. The van der Waals surface area contributed by atoms with Gasteiger partial charge in [-0.25, -0.2) is 0 Å². The maximum Gasteiger partial charge on any atom is 0.245 e. The first-order valence-corrected chi connectivity index (χ1v) is 8.27. The topological polar surface area (TPSA) is 49.4 Å². The first-order valence-electron chi connectivity index (χ1n) is 7.32. The number of hydrogen-bond acceptors (Lipinski definition) is 3. The summed E-state index contributed by atoms with van der Waals surface area (Å²) >= 11 is 1.67. The Morgan fingerprint density at radius 1 is 1.40 bits per heavy atom. The molecule has 20 heavy (non-hydrogen) atoms. The quantitative estimate of drug-likeness (QED) is 0.900. The van der Waals surface area contributed by atoms with Crippen molar-refractivity contribution in [2.24, 2.45) is 5.92 Å². The molecule has 1 saturated carbocycles. The molecule has 1 aromatic rings. The van der Waals surface area contributed by atoms with Gasteiger partial charge in [0.1, 0.15) is 12.1 Å². The van der Waals surface area contributed by atoms with Crippen molar-refractivity contribution >= 4 is 23.2 Å². The zero-order chi connectivity index (χ0) is 14.1. The number of thiophene rings is 1. The normalized spacial score (nSPS) is 26.8. The second-order valence-electron chi connectivity index (χ2n) is 5.66. The monoisotopic (exact) mass is 292 g/mol. The van der Waals surface area contributed by atoms with Gasteiger partial charge in [-0.15, -0.1) is 0 Å². The summed E-state index contributed by atoms with van der Waals surface area (Å²) in [6.45, 7) is 2.60. The van der Waals surface area contributed by atoms with E-state index < -0.39 is 0 Å².